The van der Waals surface area contributed by atoms with Gasteiger partial charge in [-0.2, -0.15) is 0 Å². The fraction of sp³-hybridized carbons (Fsp3) is 0. The van der Waals surface area contributed by atoms with Crippen molar-refractivity contribution < 1.29 is 125 Å². The van der Waals surface area contributed by atoms with Crippen LogP contribution in [-0.4, -0.2) is 32.9 Å². The van der Waals surface area contributed by atoms with E-state index in [9.17, 15) is 0 Å². The van der Waals surface area contributed by atoms with Gasteiger partial charge in [0.25, 0.3) is 0 Å². The third-order valence-electron chi connectivity index (χ3n) is 0. The molecule has 0 fully saturated rings. The minimum atomic E-state index is 0. The second kappa shape index (κ2) is 198. The molecular weight excluding hydrogens is 480 g/mol. The summed E-state index contributed by atoms with van der Waals surface area (Å²) >= 11 is 0. The molecule has 73 valence electrons. The molecule has 0 atom stereocenters. The Kier molecular flexibility index (Phi) is 5090. The van der Waals surface area contributed by atoms with Crippen molar-refractivity contribution in [3.63, 3.8) is 0 Å². The van der Waals surface area contributed by atoms with Crippen LogP contribution in [0.5, 0.6) is 0 Å². The van der Waals surface area contributed by atoms with E-state index in [1.165, 1.54) is 0 Å². The zero-order valence-electron chi connectivity index (χ0n) is 4.63. The van der Waals surface area contributed by atoms with Gasteiger partial charge in [-0.05, 0) is 0 Å². The topological polar surface area (TPSA) is 189 Å². The van der Waals surface area contributed by atoms with Crippen LogP contribution in [0.2, 0.25) is 0 Å². The molecule has 0 amide bonds. The summed E-state index contributed by atoms with van der Waals surface area (Å²) in [6.45, 7) is 0. The Morgan fingerprint density at radius 2 is 0.300 bits per heavy atom. The van der Waals surface area contributed by atoms with Gasteiger partial charge in [0.2, 0.25) is 0 Å². The molecule has 0 rings (SSSR count). The summed E-state index contributed by atoms with van der Waals surface area (Å²) in [4.78, 5) is 0. The standard InChI is InChI=1S/3BrH.Nd.6H2O/h3*1H;;6*1H2/q;;;+3;;;;;;/p-3. The summed E-state index contributed by atoms with van der Waals surface area (Å²) < 4.78 is 0. The van der Waals surface area contributed by atoms with E-state index in [0.717, 1.165) is 0 Å². The molecule has 6 nitrogen and oxygen atoms in total. The molecule has 0 aromatic carbocycles. The molecule has 0 heterocycles. The molecule has 0 bridgehead atoms. The summed E-state index contributed by atoms with van der Waals surface area (Å²) in [5, 5.41) is 0. The van der Waals surface area contributed by atoms with E-state index >= 15 is 0 Å². The molecule has 0 spiro atoms. The van der Waals surface area contributed by atoms with Crippen molar-refractivity contribution >= 4 is 0 Å². The van der Waals surface area contributed by atoms with Crippen molar-refractivity contribution in [3.05, 3.63) is 0 Å². The van der Waals surface area contributed by atoms with Crippen molar-refractivity contribution in [2.45, 2.75) is 0 Å². The van der Waals surface area contributed by atoms with Crippen LogP contribution in [0.15, 0.2) is 0 Å². The molecule has 10 heteroatoms. The van der Waals surface area contributed by atoms with Crippen LogP contribution in [0.4, 0.5) is 0 Å². The van der Waals surface area contributed by atoms with Crippen molar-refractivity contribution in [1.29, 1.82) is 0 Å². The Labute approximate surface area is 123 Å². The van der Waals surface area contributed by atoms with Gasteiger partial charge >= 0.3 is 40.8 Å². The van der Waals surface area contributed by atoms with Crippen LogP contribution in [-0.2, 0) is 0 Å². The molecule has 1 radical (unpaired) electrons. The first-order valence-corrected chi connectivity index (χ1v) is 0. The van der Waals surface area contributed by atoms with Gasteiger partial charge < -0.3 is 83.8 Å². The Morgan fingerprint density at radius 3 is 0.300 bits per heavy atom. The van der Waals surface area contributed by atoms with Gasteiger partial charge in [-0.1, -0.05) is 0 Å². The first kappa shape index (κ1) is 257. The van der Waals surface area contributed by atoms with E-state index in [0.29, 0.717) is 0 Å². The normalized spacial score (nSPS) is 0. The maximum atomic E-state index is 0. The molecular formula is H12Br3NdO6. The summed E-state index contributed by atoms with van der Waals surface area (Å²) in [5.74, 6) is 0. The van der Waals surface area contributed by atoms with Crippen molar-refractivity contribution in [1.82, 2.24) is 0 Å². The molecule has 0 unspecified atom stereocenters. The first-order chi connectivity index (χ1) is 0. The Bertz CT molecular complexity index is 13.0. The van der Waals surface area contributed by atoms with Crippen LogP contribution in [0, 0.1) is 40.8 Å². The third kappa shape index (κ3) is 148. The smallest absolute Gasteiger partial charge is 1.00 e. The monoisotopic (exact) mass is 487 g/mol. The molecule has 0 saturated carbocycles. The van der Waals surface area contributed by atoms with E-state index in [2.05, 4.69) is 0 Å². The SMILES string of the molecule is O.O.O.O.O.O.[Br-].[Br-].[Br-].[Nd+3]. The van der Waals surface area contributed by atoms with Gasteiger partial charge in [0.1, 0.15) is 0 Å². The molecule has 0 aliphatic carbocycles. The molecule has 10 heavy (non-hydrogen) atoms. The van der Waals surface area contributed by atoms with Gasteiger partial charge in [0.05, 0.1) is 0 Å². The number of halogens is 3. The average molecular weight is 492 g/mol. The van der Waals surface area contributed by atoms with Crippen LogP contribution >= 0.6 is 0 Å². The maximum Gasteiger partial charge on any atom is 3.00 e. The van der Waals surface area contributed by atoms with Gasteiger partial charge in [-0.15, -0.1) is 0 Å². The fourth-order valence-corrected chi connectivity index (χ4v) is 0. The third-order valence-corrected chi connectivity index (χ3v) is 0. The summed E-state index contributed by atoms with van der Waals surface area (Å²) in [5.41, 5.74) is 0. The van der Waals surface area contributed by atoms with Gasteiger partial charge in [0.15, 0.2) is 0 Å². The maximum absolute atomic E-state index is 0. The van der Waals surface area contributed by atoms with E-state index < -0.39 is 0 Å². The number of hydrogen-bond acceptors (Lipinski definition) is 0. The Morgan fingerprint density at radius 1 is 0.300 bits per heavy atom. The minimum absolute atomic E-state index is 0. The van der Waals surface area contributed by atoms with E-state index in [1.54, 1.807) is 0 Å². The number of rotatable bonds is 0. The fourth-order valence-electron chi connectivity index (χ4n) is 0. The Hall–Kier alpha value is 2.55. The largest absolute Gasteiger partial charge is 3.00 e. The zero-order valence-corrected chi connectivity index (χ0v) is 12.6. The van der Waals surface area contributed by atoms with Crippen molar-refractivity contribution in [2.24, 2.45) is 0 Å². The van der Waals surface area contributed by atoms with Gasteiger partial charge in [-0.3, -0.25) is 0 Å². The predicted molar refractivity (Wildman–Crippen MR) is 21.7 cm³/mol. The predicted octanol–water partition coefficient (Wildman–Crippen LogP) is -13.9. The molecule has 12 N–H and O–H groups in total. The van der Waals surface area contributed by atoms with E-state index in [1.807, 2.05) is 0 Å². The van der Waals surface area contributed by atoms with Gasteiger partial charge in [0, 0.05) is 0 Å². The second-order valence-electron chi connectivity index (χ2n) is 0. The van der Waals surface area contributed by atoms with Crippen LogP contribution in [0.25, 0.3) is 0 Å². The average Bonchev–Trinajstić information content (AvgIpc) is 0. The summed E-state index contributed by atoms with van der Waals surface area (Å²) in [6.07, 6.45) is 0. The molecule has 0 aromatic heterocycles. The molecule has 0 aromatic rings. The molecule has 0 saturated heterocycles. The van der Waals surface area contributed by atoms with E-state index in [-0.39, 0.29) is 125 Å². The van der Waals surface area contributed by atoms with E-state index in [4.69, 9.17) is 0 Å². The molecule has 0 aliphatic rings. The first-order valence-electron chi connectivity index (χ1n) is 0. The van der Waals surface area contributed by atoms with Gasteiger partial charge in [-0.25, -0.2) is 0 Å². The van der Waals surface area contributed by atoms with Crippen LogP contribution in [0.1, 0.15) is 0 Å². The van der Waals surface area contributed by atoms with Crippen LogP contribution < -0.4 is 50.9 Å². The van der Waals surface area contributed by atoms with Crippen molar-refractivity contribution in [2.75, 3.05) is 0 Å². The zero-order chi connectivity index (χ0) is 0. The summed E-state index contributed by atoms with van der Waals surface area (Å²) in [7, 11) is 0. The minimum Gasteiger partial charge on any atom is -1.00 e. The van der Waals surface area contributed by atoms with Crippen LogP contribution in [0.3, 0.4) is 0 Å². The number of hydrogen-bond donors (Lipinski definition) is 0. The second-order valence-corrected chi connectivity index (χ2v) is 0. The summed E-state index contributed by atoms with van der Waals surface area (Å²) in [6, 6.07) is 0. The molecule has 0 aliphatic heterocycles. The van der Waals surface area contributed by atoms with Crippen molar-refractivity contribution in [3.8, 4) is 0 Å². The quantitative estimate of drug-likeness (QED) is 0.311. The Balaban J connectivity index is 0.